The van der Waals surface area contributed by atoms with Crippen molar-refractivity contribution in [1.82, 2.24) is 9.88 Å². The van der Waals surface area contributed by atoms with Gasteiger partial charge >= 0.3 is 0 Å². The third kappa shape index (κ3) is 2.66. The average Bonchev–Trinajstić information content (AvgIpc) is 2.94. The normalized spacial score (nSPS) is 11.6. The van der Waals surface area contributed by atoms with E-state index in [9.17, 15) is 4.79 Å². The van der Waals surface area contributed by atoms with Gasteiger partial charge in [0.05, 0.1) is 0 Å². The minimum absolute atomic E-state index is 0.106. The van der Waals surface area contributed by atoms with Crippen LogP contribution in [0.25, 0.3) is 16.5 Å². The van der Waals surface area contributed by atoms with E-state index in [-0.39, 0.29) is 5.91 Å². The smallest absolute Gasteiger partial charge is 0.244 e. The van der Waals surface area contributed by atoms with Crippen molar-refractivity contribution in [2.75, 3.05) is 7.05 Å². The Morgan fingerprint density at radius 2 is 1.82 bits per heavy atom. The fourth-order valence-corrected chi connectivity index (χ4v) is 2.58. The van der Waals surface area contributed by atoms with Crippen LogP contribution in [0.5, 0.6) is 0 Å². The van der Waals surface area contributed by atoms with E-state index in [2.05, 4.69) is 34.1 Å². The van der Waals surface area contributed by atoms with E-state index < -0.39 is 0 Å². The molecule has 2 aromatic carbocycles. The zero-order valence-corrected chi connectivity index (χ0v) is 12.7. The molecule has 3 nitrogen and oxygen atoms in total. The topological polar surface area (TPSA) is 34.0 Å². The van der Waals surface area contributed by atoms with Crippen LogP contribution in [0.2, 0.25) is 0 Å². The molecule has 3 rings (SSSR count). The van der Waals surface area contributed by atoms with E-state index in [0.717, 1.165) is 22.2 Å². The van der Waals surface area contributed by atoms with E-state index in [1.54, 1.807) is 13.1 Å². The summed E-state index contributed by atoms with van der Waals surface area (Å²) in [6.07, 6.45) is 3.69. The van der Waals surface area contributed by atoms with Crippen LogP contribution in [0.15, 0.2) is 66.9 Å². The molecule has 0 aliphatic carbocycles. The fourth-order valence-electron chi connectivity index (χ4n) is 2.58. The maximum absolute atomic E-state index is 11.9. The molecule has 1 amide bonds. The summed E-state index contributed by atoms with van der Waals surface area (Å²) < 4.78 is 2.08. The molecule has 22 heavy (non-hydrogen) atoms. The fraction of sp³-hybridized carbons (Fsp3) is 0.105. The SMILES string of the molecule is CNC(=O)C=C(c1ccccc1)c1ccc2ccn(C)c2c1. The molecule has 0 fully saturated rings. The molecule has 3 aromatic rings. The number of fused-ring (bicyclic) bond motifs is 1. The van der Waals surface area contributed by atoms with E-state index in [1.165, 1.54) is 5.39 Å². The minimum Gasteiger partial charge on any atom is -0.356 e. The number of carbonyl (C=O) groups is 1. The summed E-state index contributed by atoms with van der Waals surface area (Å²) in [7, 11) is 3.67. The lowest BCUT2D eigenvalue weighted by Crippen LogP contribution is -2.15. The molecule has 1 aromatic heterocycles. The van der Waals surface area contributed by atoms with Crippen LogP contribution in [0.4, 0.5) is 0 Å². The Morgan fingerprint density at radius 1 is 1.05 bits per heavy atom. The lowest BCUT2D eigenvalue weighted by Gasteiger charge is -2.09. The summed E-state index contributed by atoms with van der Waals surface area (Å²) in [4.78, 5) is 11.9. The van der Waals surface area contributed by atoms with Crippen molar-refractivity contribution in [3.8, 4) is 0 Å². The van der Waals surface area contributed by atoms with Crippen molar-refractivity contribution in [1.29, 1.82) is 0 Å². The molecule has 0 aliphatic rings. The molecule has 0 saturated heterocycles. The highest BCUT2D eigenvalue weighted by Gasteiger charge is 2.09. The number of nitrogens with one attached hydrogen (secondary N) is 1. The van der Waals surface area contributed by atoms with Crippen molar-refractivity contribution in [2.24, 2.45) is 7.05 Å². The van der Waals surface area contributed by atoms with Crippen LogP contribution < -0.4 is 5.32 Å². The number of aromatic nitrogens is 1. The first-order valence-corrected chi connectivity index (χ1v) is 7.23. The molecule has 110 valence electrons. The second-order valence-corrected chi connectivity index (χ2v) is 5.24. The standard InChI is InChI=1S/C19H18N2O/c1-20-19(22)13-17(14-6-4-3-5-7-14)16-9-8-15-10-11-21(2)18(15)12-16/h3-13H,1-2H3,(H,20,22). The summed E-state index contributed by atoms with van der Waals surface area (Å²) >= 11 is 0. The number of carbonyl (C=O) groups excluding carboxylic acids is 1. The van der Waals surface area contributed by atoms with Gasteiger partial charge in [-0.25, -0.2) is 0 Å². The Bertz CT molecular complexity index is 844. The molecule has 3 heteroatoms. The maximum atomic E-state index is 11.9. The second kappa shape index (κ2) is 5.90. The molecule has 0 atom stereocenters. The average molecular weight is 290 g/mol. The highest BCUT2D eigenvalue weighted by atomic mass is 16.1. The van der Waals surface area contributed by atoms with Crippen molar-refractivity contribution < 1.29 is 4.79 Å². The Labute approximate surface area is 129 Å². The number of likely N-dealkylation sites (N-methyl/N-ethyl adjacent to an activating group) is 1. The van der Waals surface area contributed by atoms with Gasteiger partial charge in [-0.2, -0.15) is 0 Å². The predicted molar refractivity (Wildman–Crippen MR) is 90.5 cm³/mol. The van der Waals surface area contributed by atoms with Crippen LogP contribution >= 0.6 is 0 Å². The van der Waals surface area contributed by atoms with E-state index in [4.69, 9.17) is 0 Å². The monoisotopic (exact) mass is 290 g/mol. The highest BCUT2D eigenvalue weighted by molar-refractivity contribution is 6.00. The first-order chi connectivity index (χ1) is 10.7. The predicted octanol–water partition coefficient (Wildman–Crippen LogP) is 3.36. The lowest BCUT2D eigenvalue weighted by atomic mass is 9.96. The second-order valence-electron chi connectivity index (χ2n) is 5.24. The van der Waals surface area contributed by atoms with Gasteiger partial charge in [-0.3, -0.25) is 4.79 Å². The van der Waals surface area contributed by atoms with E-state index >= 15 is 0 Å². The molecular formula is C19H18N2O. The molecule has 1 N–H and O–H groups in total. The van der Waals surface area contributed by atoms with Gasteiger partial charge in [0.2, 0.25) is 5.91 Å². The summed E-state index contributed by atoms with van der Waals surface area (Å²) in [5.41, 5.74) is 4.13. The van der Waals surface area contributed by atoms with Crippen molar-refractivity contribution in [3.05, 3.63) is 78.0 Å². The molecule has 0 saturated carbocycles. The number of benzene rings is 2. The highest BCUT2D eigenvalue weighted by Crippen LogP contribution is 2.26. The largest absolute Gasteiger partial charge is 0.356 e. The van der Waals surface area contributed by atoms with Crippen LogP contribution in [-0.2, 0) is 11.8 Å². The molecule has 0 bridgehead atoms. The van der Waals surface area contributed by atoms with Crippen LogP contribution in [0.1, 0.15) is 11.1 Å². The van der Waals surface area contributed by atoms with Crippen molar-refractivity contribution in [2.45, 2.75) is 0 Å². The Balaban J connectivity index is 2.17. The van der Waals surface area contributed by atoms with Crippen molar-refractivity contribution in [3.63, 3.8) is 0 Å². The summed E-state index contributed by atoms with van der Waals surface area (Å²) in [6, 6.07) is 18.3. The molecule has 0 unspecified atom stereocenters. The number of nitrogens with zero attached hydrogens (tertiary/aromatic N) is 1. The molecule has 0 radical (unpaired) electrons. The minimum atomic E-state index is -0.106. The zero-order chi connectivity index (χ0) is 15.5. The van der Waals surface area contributed by atoms with Crippen LogP contribution in [0.3, 0.4) is 0 Å². The van der Waals surface area contributed by atoms with Gasteiger partial charge in [-0.15, -0.1) is 0 Å². The summed E-state index contributed by atoms with van der Waals surface area (Å²) in [5.74, 6) is -0.106. The maximum Gasteiger partial charge on any atom is 0.244 e. The summed E-state index contributed by atoms with van der Waals surface area (Å²) in [6.45, 7) is 0. The summed E-state index contributed by atoms with van der Waals surface area (Å²) in [5, 5.41) is 3.85. The first-order valence-electron chi connectivity index (χ1n) is 7.23. The third-order valence-electron chi connectivity index (χ3n) is 3.81. The number of rotatable bonds is 3. The molecule has 0 spiro atoms. The third-order valence-corrected chi connectivity index (χ3v) is 3.81. The van der Waals surface area contributed by atoms with Crippen LogP contribution in [0, 0.1) is 0 Å². The van der Waals surface area contributed by atoms with Crippen LogP contribution in [-0.4, -0.2) is 17.5 Å². The quantitative estimate of drug-likeness (QED) is 0.737. The van der Waals surface area contributed by atoms with Gasteiger partial charge in [0, 0.05) is 31.9 Å². The van der Waals surface area contributed by atoms with Gasteiger partial charge in [-0.1, -0.05) is 42.5 Å². The molecular weight excluding hydrogens is 272 g/mol. The Hall–Kier alpha value is -2.81. The van der Waals surface area contributed by atoms with Gasteiger partial charge in [0.25, 0.3) is 0 Å². The number of aryl methyl sites for hydroxylation is 1. The first kappa shape index (κ1) is 14.1. The van der Waals surface area contributed by atoms with Crippen molar-refractivity contribution >= 4 is 22.4 Å². The number of hydrogen-bond donors (Lipinski definition) is 1. The van der Waals surface area contributed by atoms with E-state index in [0.29, 0.717) is 0 Å². The number of hydrogen-bond acceptors (Lipinski definition) is 1. The van der Waals surface area contributed by atoms with Gasteiger partial charge in [0.1, 0.15) is 0 Å². The van der Waals surface area contributed by atoms with E-state index in [1.807, 2.05) is 43.6 Å². The lowest BCUT2D eigenvalue weighted by molar-refractivity contribution is -0.116. The van der Waals surface area contributed by atoms with Gasteiger partial charge in [0.15, 0.2) is 0 Å². The number of amides is 1. The Kier molecular flexibility index (Phi) is 3.79. The van der Waals surface area contributed by atoms with Gasteiger partial charge in [-0.05, 0) is 34.2 Å². The van der Waals surface area contributed by atoms with Gasteiger partial charge < -0.3 is 9.88 Å². The Morgan fingerprint density at radius 3 is 2.55 bits per heavy atom. The zero-order valence-electron chi connectivity index (χ0n) is 12.7. The molecule has 0 aliphatic heterocycles. The molecule has 1 heterocycles.